The van der Waals surface area contributed by atoms with Gasteiger partial charge in [-0.1, -0.05) is 18.3 Å². The number of methoxy groups -OCH3 is 2. The van der Waals surface area contributed by atoms with E-state index in [1.165, 1.54) is 35.8 Å². The lowest BCUT2D eigenvalue weighted by Gasteiger charge is -2.30. The molecule has 1 atom stereocenters. The lowest BCUT2D eigenvalue weighted by molar-refractivity contribution is -0.116. The number of hydrogen-bond donors (Lipinski definition) is 1. The third kappa shape index (κ3) is 4.48. The Kier molecular flexibility index (Phi) is 6.08. The standard InChI is InChI=1S/C21H25N5O4S/c1-13-5-4-8-25(10-13)21-24-19-18(31-21)20(28)26(12-22-19)11-17(27)23-14-6-7-15(29-2)16(9-14)30-3/h6-7,9,12-13H,4-5,8,10-11H2,1-3H3,(H,23,27). The van der Waals surface area contributed by atoms with Gasteiger partial charge in [0.15, 0.2) is 22.3 Å². The first kappa shape index (κ1) is 21.1. The summed E-state index contributed by atoms with van der Waals surface area (Å²) in [6.07, 6.45) is 3.70. The Balaban J connectivity index is 1.51. The van der Waals surface area contributed by atoms with Gasteiger partial charge in [-0.25, -0.2) is 4.98 Å². The molecule has 164 valence electrons. The van der Waals surface area contributed by atoms with Gasteiger partial charge in [0, 0.05) is 24.8 Å². The van der Waals surface area contributed by atoms with Crippen molar-refractivity contribution in [1.29, 1.82) is 0 Å². The summed E-state index contributed by atoms with van der Waals surface area (Å²) in [4.78, 5) is 36.5. The zero-order valence-electron chi connectivity index (χ0n) is 17.8. The normalized spacial score (nSPS) is 16.4. The number of fused-ring (bicyclic) bond motifs is 1. The molecule has 0 radical (unpaired) electrons. The summed E-state index contributed by atoms with van der Waals surface area (Å²) in [6.45, 7) is 3.94. The highest BCUT2D eigenvalue weighted by atomic mass is 32.1. The number of nitrogens with zero attached hydrogens (tertiary/aromatic N) is 4. The number of carbonyl (C=O) groups excluding carboxylic acids is 1. The van der Waals surface area contributed by atoms with Gasteiger partial charge in [-0.05, 0) is 30.9 Å². The van der Waals surface area contributed by atoms with Crippen LogP contribution in [0, 0.1) is 5.92 Å². The molecule has 9 nitrogen and oxygen atoms in total. The van der Waals surface area contributed by atoms with Crippen molar-refractivity contribution in [1.82, 2.24) is 14.5 Å². The van der Waals surface area contributed by atoms with Crippen LogP contribution in [0.3, 0.4) is 0 Å². The Bertz CT molecular complexity index is 1160. The minimum atomic E-state index is -0.343. The number of carbonyl (C=O) groups is 1. The van der Waals surface area contributed by atoms with Gasteiger partial charge in [-0.2, -0.15) is 4.98 Å². The van der Waals surface area contributed by atoms with E-state index in [1.54, 1.807) is 25.3 Å². The molecule has 0 aliphatic carbocycles. The number of benzene rings is 1. The maximum absolute atomic E-state index is 12.9. The van der Waals surface area contributed by atoms with E-state index >= 15 is 0 Å². The second-order valence-corrected chi connectivity index (χ2v) is 8.62. The van der Waals surface area contributed by atoms with Crippen molar-refractivity contribution in [3.05, 3.63) is 34.9 Å². The number of rotatable bonds is 6. The van der Waals surface area contributed by atoms with Crippen LogP contribution in [0.4, 0.5) is 10.8 Å². The Morgan fingerprint density at radius 3 is 2.84 bits per heavy atom. The summed E-state index contributed by atoms with van der Waals surface area (Å²) in [6, 6.07) is 5.07. The van der Waals surface area contributed by atoms with Crippen molar-refractivity contribution >= 4 is 38.4 Å². The van der Waals surface area contributed by atoms with E-state index in [0.717, 1.165) is 24.6 Å². The largest absolute Gasteiger partial charge is 0.493 e. The summed E-state index contributed by atoms with van der Waals surface area (Å²) < 4.78 is 12.2. The number of ether oxygens (including phenoxy) is 2. The van der Waals surface area contributed by atoms with E-state index in [1.807, 2.05) is 0 Å². The molecular formula is C21H25N5O4S. The number of anilines is 2. The first-order valence-electron chi connectivity index (χ1n) is 10.1. The summed E-state index contributed by atoms with van der Waals surface area (Å²) in [5, 5.41) is 3.59. The van der Waals surface area contributed by atoms with Crippen molar-refractivity contribution in [3.8, 4) is 11.5 Å². The Hall–Kier alpha value is -3.14. The number of thiazole rings is 1. The fraction of sp³-hybridized carbons (Fsp3) is 0.429. The van der Waals surface area contributed by atoms with Crippen molar-refractivity contribution in [2.75, 3.05) is 37.5 Å². The van der Waals surface area contributed by atoms with E-state index in [4.69, 9.17) is 9.47 Å². The summed E-state index contributed by atoms with van der Waals surface area (Å²) in [5.74, 6) is 1.33. The molecule has 0 spiro atoms. The van der Waals surface area contributed by atoms with E-state index in [-0.39, 0.29) is 18.0 Å². The summed E-state index contributed by atoms with van der Waals surface area (Å²) in [7, 11) is 3.07. The van der Waals surface area contributed by atoms with Gasteiger partial charge >= 0.3 is 0 Å². The van der Waals surface area contributed by atoms with Crippen LogP contribution in [0.2, 0.25) is 0 Å². The predicted molar refractivity (Wildman–Crippen MR) is 120 cm³/mol. The molecule has 1 aliphatic heterocycles. The fourth-order valence-electron chi connectivity index (χ4n) is 3.72. The van der Waals surface area contributed by atoms with E-state index < -0.39 is 0 Å². The van der Waals surface area contributed by atoms with Gasteiger partial charge in [-0.15, -0.1) is 0 Å². The number of nitrogens with one attached hydrogen (secondary N) is 1. The van der Waals surface area contributed by atoms with Gasteiger partial charge < -0.3 is 19.7 Å². The van der Waals surface area contributed by atoms with Gasteiger partial charge in [0.25, 0.3) is 5.56 Å². The molecule has 3 heterocycles. The third-order valence-corrected chi connectivity index (χ3v) is 6.37. The second-order valence-electron chi connectivity index (χ2n) is 7.64. The van der Waals surface area contributed by atoms with Crippen LogP contribution in [0.1, 0.15) is 19.8 Å². The fourth-order valence-corrected chi connectivity index (χ4v) is 4.72. The van der Waals surface area contributed by atoms with Crippen LogP contribution in [0.25, 0.3) is 10.3 Å². The third-order valence-electron chi connectivity index (χ3n) is 5.28. The molecule has 0 bridgehead atoms. The molecule has 31 heavy (non-hydrogen) atoms. The van der Waals surface area contributed by atoms with Crippen LogP contribution in [0.15, 0.2) is 29.3 Å². The molecule has 1 fully saturated rings. The zero-order valence-corrected chi connectivity index (χ0v) is 18.6. The number of piperidine rings is 1. The van der Waals surface area contributed by atoms with E-state index in [0.29, 0.717) is 33.5 Å². The molecule has 3 aromatic rings. The van der Waals surface area contributed by atoms with Crippen LogP contribution in [-0.2, 0) is 11.3 Å². The lowest BCUT2D eigenvalue weighted by atomic mass is 10.0. The number of hydrogen-bond acceptors (Lipinski definition) is 8. The van der Waals surface area contributed by atoms with Crippen molar-refractivity contribution < 1.29 is 14.3 Å². The molecule has 10 heteroatoms. The molecule has 0 saturated carbocycles. The van der Waals surface area contributed by atoms with Crippen LogP contribution in [-0.4, -0.2) is 47.8 Å². The Morgan fingerprint density at radius 2 is 2.10 bits per heavy atom. The highest BCUT2D eigenvalue weighted by molar-refractivity contribution is 7.22. The molecule has 1 N–H and O–H groups in total. The average Bonchev–Trinajstić information content (AvgIpc) is 3.21. The van der Waals surface area contributed by atoms with Crippen molar-refractivity contribution in [2.45, 2.75) is 26.3 Å². The Labute approximate surface area is 183 Å². The highest BCUT2D eigenvalue weighted by Gasteiger charge is 2.21. The maximum Gasteiger partial charge on any atom is 0.273 e. The summed E-state index contributed by atoms with van der Waals surface area (Å²) >= 11 is 1.34. The molecule has 1 amide bonds. The second kappa shape index (κ2) is 8.93. The van der Waals surface area contributed by atoms with Crippen molar-refractivity contribution in [2.24, 2.45) is 5.92 Å². The Morgan fingerprint density at radius 1 is 1.29 bits per heavy atom. The molecule has 1 unspecified atom stereocenters. The highest BCUT2D eigenvalue weighted by Crippen LogP contribution is 2.30. The molecule has 1 aromatic carbocycles. The number of amides is 1. The maximum atomic E-state index is 12.9. The molecule has 4 rings (SSSR count). The van der Waals surface area contributed by atoms with Crippen LogP contribution >= 0.6 is 11.3 Å². The minimum absolute atomic E-state index is 0.149. The van der Waals surface area contributed by atoms with Crippen LogP contribution < -0.4 is 25.2 Å². The quantitative estimate of drug-likeness (QED) is 0.625. The zero-order chi connectivity index (χ0) is 22.0. The topological polar surface area (TPSA) is 98.6 Å². The first-order chi connectivity index (χ1) is 15.0. The van der Waals surface area contributed by atoms with Gasteiger partial charge in [-0.3, -0.25) is 14.2 Å². The van der Waals surface area contributed by atoms with E-state index in [9.17, 15) is 9.59 Å². The van der Waals surface area contributed by atoms with Crippen LogP contribution in [0.5, 0.6) is 11.5 Å². The monoisotopic (exact) mass is 443 g/mol. The van der Waals surface area contributed by atoms with Crippen molar-refractivity contribution in [3.63, 3.8) is 0 Å². The summed E-state index contributed by atoms with van der Waals surface area (Å²) in [5.41, 5.74) is 0.713. The molecule has 1 saturated heterocycles. The molecular weight excluding hydrogens is 418 g/mol. The molecule has 1 aliphatic rings. The van der Waals surface area contributed by atoms with E-state index in [2.05, 4.69) is 27.1 Å². The lowest BCUT2D eigenvalue weighted by Crippen LogP contribution is -2.34. The van der Waals surface area contributed by atoms with Gasteiger partial charge in [0.05, 0.1) is 14.2 Å². The predicted octanol–water partition coefficient (Wildman–Crippen LogP) is 2.75. The SMILES string of the molecule is COc1ccc(NC(=O)Cn2cnc3nc(N4CCCC(C)C4)sc3c2=O)cc1OC. The number of aromatic nitrogens is 3. The minimum Gasteiger partial charge on any atom is -0.493 e. The average molecular weight is 444 g/mol. The van der Waals surface area contributed by atoms with Gasteiger partial charge in [0.2, 0.25) is 5.91 Å². The van der Waals surface area contributed by atoms with Gasteiger partial charge in [0.1, 0.15) is 17.6 Å². The first-order valence-corrected chi connectivity index (χ1v) is 10.9. The molecule has 2 aromatic heterocycles. The smallest absolute Gasteiger partial charge is 0.273 e.